The first-order chi connectivity index (χ1) is 12.0. The van der Waals surface area contributed by atoms with Gasteiger partial charge in [-0.3, -0.25) is 4.98 Å². The second-order valence-corrected chi connectivity index (χ2v) is 5.74. The van der Waals surface area contributed by atoms with E-state index in [0.29, 0.717) is 23.3 Å². The number of halogens is 4. The highest BCUT2D eigenvalue weighted by Gasteiger charge is 2.32. The molecule has 3 heterocycles. The Morgan fingerprint density at radius 2 is 2.00 bits per heavy atom. The molecular weight excluding hydrogens is 371 g/mol. The summed E-state index contributed by atoms with van der Waals surface area (Å²) >= 11 is 0. The number of oxazole rings is 1. The molecule has 1 saturated heterocycles. The smallest absolute Gasteiger partial charge is 0.433 e. The number of hydrogen-bond acceptors (Lipinski definition) is 5. The Kier molecular flexibility index (Phi) is 5.17. The number of ether oxygens (including phenoxy) is 1. The number of pyridine rings is 1. The zero-order valence-corrected chi connectivity index (χ0v) is 14.2. The summed E-state index contributed by atoms with van der Waals surface area (Å²) in [6.07, 6.45) is -3.41. The molecular formula is C17H15ClF3N3O2. The van der Waals surface area contributed by atoms with Crippen molar-refractivity contribution in [2.24, 2.45) is 0 Å². The predicted octanol–water partition coefficient (Wildman–Crippen LogP) is 3.99. The van der Waals surface area contributed by atoms with Gasteiger partial charge in [0.05, 0.1) is 18.3 Å². The number of morpholine rings is 1. The maximum absolute atomic E-state index is 12.6. The number of rotatable bonds is 2. The van der Waals surface area contributed by atoms with Gasteiger partial charge in [0.2, 0.25) is 5.89 Å². The molecule has 3 aromatic rings. The van der Waals surface area contributed by atoms with E-state index in [1.54, 1.807) is 0 Å². The average Bonchev–Trinajstić information content (AvgIpc) is 3.05. The fourth-order valence-corrected chi connectivity index (χ4v) is 2.73. The van der Waals surface area contributed by atoms with E-state index in [1.165, 1.54) is 6.07 Å². The van der Waals surface area contributed by atoms with Gasteiger partial charge in [-0.05, 0) is 29.8 Å². The van der Waals surface area contributed by atoms with Gasteiger partial charge in [-0.25, -0.2) is 4.98 Å². The summed E-state index contributed by atoms with van der Waals surface area (Å²) in [6, 6.07) is 7.79. The molecule has 138 valence electrons. The Balaban J connectivity index is 0.00000196. The molecule has 0 unspecified atom stereocenters. The molecule has 1 aliphatic heterocycles. The van der Waals surface area contributed by atoms with E-state index < -0.39 is 11.9 Å². The van der Waals surface area contributed by atoms with Crippen LogP contribution in [-0.2, 0) is 10.9 Å². The number of benzene rings is 1. The summed E-state index contributed by atoms with van der Waals surface area (Å²) < 4.78 is 49.2. The van der Waals surface area contributed by atoms with Crippen molar-refractivity contribution in [2.75, 3.05) is 19.7 Å². The molecule has 26 heavy (non-hydrogen) atoms. The third-order valence-corrected chi connectivity index (χ3v) is 4.01. The number of nitrogens with zero attached hydrogens (tertiary/aromatic N) is 2. The van der Waals surface area contributed by atoms with Crippen molar-refractivity contribution in [1.29, 1.82) is 0 Å². The first-order valence-electron chi connectivity index (χ1n) is 7.77. The van der Waals surface area contributed by atoms with Gasteiger partial charge in [-0.2, -0.15) is 13.2 Å². The third-order valence-electron chi connectivity index (χ3n) is 4.01. The summed E-state index contributed by atoms with van der Waals surface area (Å²) in [7, 11) is 0. The van der Waals surface area contributed by atoms with E-state index >= 15 is 0 Å². The largest absolute Gasteiger partial charge is 0.436 e. The van der Waals surface area contributed by atoms with Crippen molar-refractivity contribution in [2.45, 2.75) is 12.3 Å². The zero-order valence-electron chi connectivity index (χ0n) is 13.4. The Morgan fingerprint density at radius 1 is 1.15 bits per heavy atom. The number of fused-ring (bicyclic) bond motifs is 1. The van der Waals surface area contributed by atoms with Gasteiger partial charge < -0.3 is 14.5 Å². The molecule has 1 fully saturated rings. The van der Waals surface area contributed by atoms with Crippen LogP contribution in [0.25, 0.3) is 22.6 Å². The molecule has 1 aromatic carbocycles. The lowest BCUT2D eigenvalue weighted by atomic mass is 10.1. The van der Waals surface area contributed by atoms with Crippen molar-refractivity contribution in [3.05, 3.63) is 47.8 Å². The Bertz CT molecular complexity index is 890. The van der Waals surface area contributed by atoms with Crippen molar-refractivity contribution in [3.8, 4) is 11.5 Å². The topological polar surface area (TPSA) is 60.2 Å². The SMILES string of the molecule is Cl.FC(F)(F)c1ccc(-c2nc3ccc([C@@H]4CNCCO4)cc3o2)cn1. The van der Waals surface area contributed by atoms with Crippen LogP contribution >= 0.6 is 12.4 Å². The van der Waals surface area contributed by atoms with Gasteiger partial charge >= 0.3 is 6.18 Å². The molecule has 4 rings (SSSR count). The van der Waals surface area contributed by atoms with Crippen LogP contribution in [0.4, 0.5) is 13.2 Å². The Morgan fingerprint density at radius 3 is 2.65 bits per heavy atom. The molecule has 1 aliphatic rings. The van der Waals surface area contributed by atoms with Crippen LogP contribution in [-0.4, -0.2) is 29.7 Å². The molecule has 1 N–H and O–H groups in total. The second-order valence-electron chi connectivity index (χ2n) is 5.74. The minimum atomic E-state index is -4.47. The van der Waals surface area contributed by atoms with Crippen molar-refractivity contribution < 1.29 is 22.3 Å². The maximum atomic E-state index is 12.6. The van der Waals surface area contributed by atoms with Crippen LogP contribution in [0.5, 0.6) is 0 Å². The lowest BCUT2D eigenvalue weighted by Gasteiger charge is -2.23. The summed E-state index contributed by atoms with van der Waals surface area (Å²) in [5.74, 6) is 0.232. The van der Waals surface area contributed by atoms with Crippen LogP contribution < -0.4 is 5.32 Å². The normalized spacial score (nSPS) is 17.9. The summed E-state index contributed by atoms with van der Waals surface area (Å²) in [5.41, 5.74) is 1.59. The van der Waals surface area contributed by atoms with E-state index in [9.17, 15) is 13.2 Å². The highest BCUT2D eigenvalue weighted by molar-refractivity contribution is 5.85. The molecule has 5 nitrogen and oxygen atoms in total. The van der Waals surface area contributed by atoms with E-state index in [2.05, 4.69) is 15.3 Å². The molecule has 0 aliphatic carbocycles. The van der Waals surface area contributed by atoms with Crippen LogP contribution in [0.1, 0.15) is 17.4 Å². The van der Waals surface area contributed by atoms with Crippen LogP contribution in [0.3, 0.4) is 0 Å². The van der Waals surface area contributed by atoms with E-state index in [-0.39, 0.29) is 24.4 Å². The molecule has 2 aromatic heterocycles. The van der Waals surface area contributed by atoms with Crippen LogP contribution in [0.15, 0.2) is 40.9 Å². The summed E-state index contributed by atoms with van der Waals surface area (Å²) in [6.45, 7) is 2.18. The van der Waals surface area contributed by atoms with Gasteiger partial charge in [0, 0.05) is 19.3 Å². The highest BCUT2D eigenvalue weighted by Crippen LogP contribution is 2.30. The van der Waals surface area contributed by atoms with E-state index in [0.717, 1.165) is 30.9 Å². The fraction of sp³-hybridized carbons (Fsp3) is 0.294. The first-order valence-corrected chi connectivity index (χ1v) is 7.77. The van der Waals surface area contributed by atoms with E-state index in [4.69, 9.17) is 9.15 Å². The zero-order chi connectivity index (χ0) is 17.4. The minimum Gasteiger partial charge on any atom is -0.436 e. The Labute approximate surface area is 153 Å². The van der Waals surface area contributed by atoms with Crippen molar-refractivity contribution in [3.63, 3.8) is 0 Å². The molecule has 9 heteroatoms. The molecule has 0 spiro atoms. The van der Waals surface area contributed by atoms with Crippen molar-refractivity contribution in [1.82, 2.24) is 15.3 Å². The quantitative estimate of drug-likeness (QED) is 0.722. The molecule has 0 radical (unpaired) electrons. The average molecular weight is 386 g/mol. The standard InChI is InChI=1S/C17H14F3N3O2.ClH/c18-17(19,20)15-4-2-11(8-22-15)16-23-12-3-1-10(7-13(12)25-16)14-9-21-5-6-24-14;/h1-4,7-8,14,21H,5-6,9H2;1H/t14-;/m0./s1. The molecule has 0 bridgehead atoms. The maximum Gasteiger partial charge on any atom is 0.433 e. The number of nitrogens with one attached hydrogen (secondary N) is 1. The summed E-state index contributed by atoms with van der Waals surface area (Å²) in [5, 5.41) is 3.26. The van der Waals surface area contributed by atoms with Crippen LogP contribution in [0.2, 0.25) is 0 Å². The number of hydrogen-bond donors (Lipinski definition) is 1. The predicted molar refractivity (Wildman–Crippen MR) is 91.1 cm³/mol. The second kappa shape index (κ2) is 7.22. The third kappa shape index (κ3) is 3.67. The van der Waals surface area contributed by atoms with Gasteiger partial charge in [0.15, 0.2) is 5.58 Å². The molecule has 0 amide bonds. The van der Waals surface area contributed by atoms with Crippen LogP contribution in [0, 0.1) is 0 Å². The number of aromatic nitrogens is 2. The van der Waals surface area contributed by atoms with Gasteiger partial charge in [-0.15, -0.1) is 12.4 Å². The summed E-state index contributed by atoms with van der Waals surface area (Å²) in [4.78, 5) is 7.75. The fourth-order valence-electron chi connectivity index (χ4n) is 2.73. The lowest BCUT2D eigenvalue weighted by molar-refractivity contribution is -0.141. The van der Waals surface area contributed by atoms with Gasteiger partial charge in [0.1, 0.15) is 11.2 Å². The first kappa shape index (κ1) is 18.6. The van der Waals surface area contributed by atoms with E-state index in [1.807, 2.05) is 18.2 Å². The highest BCUT2D eigenvalue weighted by atomic mass is 35.5. The number of alkyl halides is 3. The Hall–Kier alpha value is -2.16. The minimum absolute atomic E-state index is 0. The molecule has 0 saturated carbocycles. The van der Waals surface area contributed by atoms with Gasteiger partial charge in [0.25, 0.3) is 0 Å². The monoisotopic (exact) mass is 385 g/mol. The van der Waals surface area contributed by atoms with Crippen molar-refractivity contribution >= 4 is 23.5 Å². The molecule has 1 atom stereocenters. The lowest BCUT2D eigenvalue weighted by Crippen LogP contribution is -2.33. The van der Waals surface area contributed by atoms with Gasteiger partial charge in [-0.1, -0.05) is 6.07 Å².